The van der Waals surface area contributed by atoms with Gasteiger partial charge in [-0.3, -0.25) is 9.69 Å². The number of hydrogen-bond donors (Lipinski definition) is 0. The van der Waals surface area contributed by atoms with Crippen LogP contribution in [0.15, 0.2) is 24.3 Å². The molecule has 1 amide bonds. The highest BCUT2D eigenvalue weighted by Gasteiger charge is 2.30. The van der Waals surface area contributed by atoms with Gasteiger partial charge >= 0.3 is 0 Å². The monoisotopic (exact) mass is 308 g/mol. The Morgan fingerprint density at radius 3 is 2.52 bits per heavy atom. The number of halogens is 1. The summed E-state index contributed by atoms with van der Waals surface area (Å²) in [6, 6.07) is 7.97. The number of benzene rings is 1. The summed E-state index contributed by atoms with van der Waals surface area (Å²) in [6.45, 7) is 5.08. The zero-order chi connectivity index (χ0) is 14.7. The van der Waals surface area contributed by atoms with E-state index in [1.54, 1.807) is 0 Å². The number of carbonyl (C=O) groups is 1. The van der Waals surface area contributed by atoms with Gasteiger partial charge in [-0.15, -0.1) is 0 Å². The summed E-state index contributed by atoms with van der Waals surface area (Å²) < 4.78 is 5.48. The Hall–Kier alpha value is -1.10. The number of carbonyl (C=O) groups excluding carboxylic acids is 1. The molecule has 114 valence electrons. The lowest BCUT2D eigenvalue weighted by Gasteiger charge is -2.35. The molecule has 3 rings (SSSR count). The molecule has 0 saturated carbocycles. The lowest BCUT2D eigenvalue weighted by Crippen LogP contribution is -2.51. The molecule has 2 aliphatic heterocycles. The maximum atomic E-state index is 12.3. The van der Waals surface area contributed by atoms with Gasteiger partial charge in [0.2, 0.25) is 0 Å². The third-order valence-corrected chi connectivity index (χ3v) is 4.46. The SMILES string of the molecule is O=C([C@@H]1CCCO1)N1CCN(Cc2ccc(Cl)cc2)CC1. The highest BCUT2D eigenvalue weighted by Crippen LogP contribution is 2.17. The van der Waals surface area contributed by atoms with E-state index in [-0.39, 0.29) is 12.0 Å². The quantitative estimate of drug-likeness (QED) is 0.858. The van der Waals surface area contributed by atoms with Crippen molar-refractivity contribution < 1.29 is 9.53 Å². The second-order valence-electron chi connectivity index (χ2n) is 5.73. The molecule has 0 aromatic heterocycles. The van der Waals surface area contributed by atoms with Crippen molar-refractivity contribution in [2.75, 3.05) is 32.8 Å². The average Bonchev–Trinajstić information content (AvgIpc) is 3.04. The molecule has 0 radical (unpaired) electrons. The number of hydrogen-bond acceptors (Lipinski definition) is 3. The molecule has 5 heteroatoms. The fraction of sp³-hybridized carbons (Fsp3) is 0.562. The van der Waals surface area contributed by atoms with Gasteiger partial charge in [-0.1, -0.05) is 23.7 Å². The molecular weight excluding hydrogens is 288 g/mol. The van der Waals surface area contributed by atoms with Crippen molar-refractivity contribution in [3.63, 3.8) is 0 Å². The minimum Gasteiger partial charge on any atom is -0.368 e. The smallest absolute Gasteiger partial charge is 0.251 e. The molecule has 1 aromatic carbocycles. The first-order valence-corrected chi connectivity index (χ1v) is 7.97. The van der Waals surface area contributed by atoms with Crippen molar-refractivity contribution in [3.05, 3.63) is 34.9 Å². The summed E-state index contributed by atoms with van der Waals surface area (Å²) in [5.41, 5.74) is 1.26. The van der Waals surface area contributed by atoms with E-state index >= 15 is 0 Å². The predicted octanol–water partition coefficient (Wildman–Crippen LogP) is 2.16. The van der Waals surface area contributed by atoms with Crippen LogP contribution in [0.1, 0.15) is 18.4 Å². The molecule has 2 fully saturated rings. The fourth-order valence-electron chi connectivity index (χ4n) is 2.95. The third kappa shape index (κ3) is 3.76. The van der Waals surface area contributed by atoms with Gasteiger partial charge in [-0.05, 0) is 30.5 Å². The van der Waals surface area contributed by atoms with E-state index in [0.29, 0.717) is 0 Å². The highest BCUT2D eigenvalue weighted by atomic mass is 35.5. The van der Waals surface area contributed by atoms with Gasteiger partial charge in [0.1, 0.15) is 6.10 Å². The van der Waals surface area contributed by atoms with Gasteiger partial charge < -0.3 is 9.64 Å². The normalized spacial score (nSPS) is 23.5. The van der Waals surface area contributed by atoms with Gasteiger partial charge in [0.15, 0.2) is 0 Å². The molecule has 2 aliphatic rings. The largest absolute Gasteiger partial charge is 0.368 e. The van der Waals surface area contributed by atoms with Crippen molar-refractivity contribution >= 4 is 17.5 Å². The van der Waals surface area contributed by atoms with Crippen molar-refractivity contribution in [3.8, 4) is 0 Å². The number of piperazine rings is 1. The molecule has 2 saturated heterocycles. The summed E-state index contributed by atoms with van der Waals surface area (Å²) in [5.74, 6) is 0.179. The van der Waals surface area contributed by atoms with Gasteiger partial charge in [0.25, 0.3) is 5.91 Å². The zero-order valence-electron chi connectivity index (χ0n) is 12.1. The first kappa shape index (κ1) is 14.8. The van der Waals surface area contributed by atoms with Crippen LogP contribution in [0.25, 0.3) is 0 Å². The van der Waals surface area contributed by atoms with Crippen LogP contribution in [0.4, 0.5) is 0 Å². The van der Waals surface area contributed by atoms with Gasteiger partial charge in [-0.25, -0.2) is 0 Å². The minimum atomic E-state index is -0.187. The molecule has 0 spiro atoms. The molecule has 1 aromatic rings. The number of amides is 1. The third-order valence-electron chi connectivity index (χ3n) is 4.21. The first-order chi connectivity index (χ1) is 10.2. The van der Waals surface area contributed by atoms with Crippen molar-refractivity contribution in [2.24, 2.45) is 0 Å². The summed E-state index contributed by atoms with van der Waals surface area (Å²) in [5, 5.41) is 0.769. The molecule has 0 unspecified atom stereocenters. The van der Waals surface area contributed by atoms with E-state index in [2.05, 4.69) is 17.0 Å². The highest BCUT2D eigenvalue weighted by molar-refractivity contribution is 6.30. The first-order valence-electron chi connectivity index (χ1n) is 7.59. The summed E-state index contributed by atoms with van der Waals surface area (Å²) in [4.78, 5) is 16.6. The second-order valence-corrected chi connectivity index (χ2v) is 6.17. The van der Waals surface area contributed by atoms with Gasteiger partial charge in [0.05, 0.1) is 0 Å². The fourth-order valence-corrected chi connectivity index (χ4v) is 3.08. The Bertz CT molecular complexity index is 478. The molecule has 0 bridgehead atoms. The maximum absolute atomic E-state index is 12.3. The molecular formula is C16H21ClN2O2. The Balaban J connectivity index is 1.48. The Kier molecular flexibility index (Phi) is 4.78. The van der Waals surface area contributed by atoms with Crippen molar-refractivity contribution in [1.82, 2.24) is 9.80 Å². The molecule has 21 heavy (non-hydrogen) atoms. The lowest BCUT2D eigenvalue weighted by molar-refractivity contribution is -0.142. The van der Waals surface area contributed by atoms with E-state index in [1.807, 2.05) is 17.0 Å². The van der Waals surface area contributed by atoms with E-state index in [4.69, 9.17) is 16.3 Å². The van der Waals surface area contributed by atoms with Crippen molar-refractivity contribution in [1.29, 1.82) is 0 Å². The lowest BCUT2D eigenvalue weighted by atomic mass is 10.1. The van der Waals surface area contributed by atoms with E-state index in [1.165, 1.54) is 5.56 Å². The van der Waals surface area contributed by atoms with Crippen LogP contribution < -0.4 is 0 Å². The Morgan fingerprint density at radius 2 is 1.90 bits per heavy atom. The van der Waals surface area contributed by atoms with Crippen LogP contribution in [-0.4, -0.2) is 54.6 Å². The molecule has 0 N–H and O–H groups in total. The number of ether oxygens (including phenoxy) is 1. The van der Waals surface area contributed by atoms with E-state index in [9.17, 15) is 4.79 Å². The molecule has 0 aliphatic carbocycles. The second kappa shape index (κ2) is 6.77. The number of nitrogens with zero attached hydrogens (tertiary/aromatic N) is 2. The molecule has 4 nitrogen and oxygen atoms in total. The van der Waals surface area contributed by atoms with Crippen LogP contribution in [-0.2, 0) is 16.1 Å². The van der Waals surface area contributed by atoms with Crippen LogP contribution in [0.2, 0.25) is 5.02 Å². The summed E-state index contributed by atoms with van der Waals surface area (Å²) >= 11 is 5.90. The standard InChI is InChI=1S/C16H21ClN2O2/c17-14-5-3-13(4-6-14)12-18-7-9-19(10-8-18)16(20)15-2-1-11-21-15/h3-6,15H,1-2,7-12H2/t15-/m0/s1. The van der Waals surface area contributed by atoms with Crippen LogP contribution in [0.5, 0.6) is 0 Å². The summed E-state index contributed by atoms with van der Waals surface area (Å²) in [7, 11) is 0. The Morgan fingerprint density at radius 1 is 1.19 bits per heavy atom. The zero-order valence-corrected chi connectivity index (χ0v) is 12.9. The molecule has 2 heterocycles. The van der Waals surface area contributed by atoms with Crippen LogP contribution in [0, 0.1) is 0 Å². The van der Waals surface area contributed by atoms with Crippen LogP contribution >= 0.6 is 11.6 Å². The predicted molar refractivity (Wildman–Crippen MR) is 82.3 cm³/mol. The Labute approximate surface area is 130 Å². The van der Waals surface area contributed by atoms with Gasteiger partial charge in [-0.2, -0.15) is 0 Å². The van der Waals surface area contributed by atoms with E-state index < -0.39 is 0 Å². The number of rotatable bonds is 3. The molecule has 1 atom stereocenters. The topological polar surface area (TPSA) is 32.8 Å². The van der Waals surface area contributed by atoms with Gasteiger partial charge in [0, 0.05) is 44.4 Å². The average molecular weight is 309 g/mol. The minimum absolute atomic E-state index is 0.179. The summed E-state index contributed by atoms with van der Waals surface area (Å²) in [6.07, 6.45) is 1.70. The van der Waals surface area contributed by atoms with E-state index in [0.717, 1.165) is 57.2 Å². The van der Waals surface area contributed by atoms with Crippen LogP contribution in [0.3, 0.4) is 0 Å². The van der Waals surface area contributed by atoms with Crippen molar-refractivity contribution in [2.45, 2.75) is 25.5 Å². The maximum Gasteiger partial charge on any atom is 0.251 e.